The lowest BCUT2D eigenvalue weighted by molar-refractivity contribution is -0.126. The summed E-state index contributed by atoms with van der Waals surface area (Å²) in [6, 6.07) is 16.6. The lowest BCUT2D eigenvalue weighted by Crippen LogP contribution is -2.43. The van der Waals surface area contributed by atoms with Crippen molar-refractivity contribution in [1.29, 1.82) is 5.26 Å². The molecule has 0 saturated carbocycles. The Bertz CT molecular complexity index is 1150. The molecule has 0 unspecified atom stereocenters. The first kappa shape index (κ1) is 29.3. The summed E-state index contributed by atoms with van der Waals surface area (Å²) in [6.45, 7) is 2.24. The van der Waals surface area contributed by atoms with Gasteiger partial charge in [0, 0.05) is 17.7 Å². The predicted molar refractivity (Wildman–Crippen MR) is 157 cm³/mol. The van der Waals surface area contributed by atoms with Crippen LogP contribution in [0.3, 0.4) is 0 Å². The Kier molecular flexibility index (Phi) is 12.8. The highest BCUT2D eigenvalue weighted by molar-refractivity contribution is 7.21. The molecule has 2 aromatic carbocycles. The Hall–Kier alpha value is -3.24. The highest BCUT2D eigenvalue weighted by Crippen LogP contribution is 2.30. The molecule has 3 aromatic rings. The number of anilines is 1. The number of unbranched alkanes of at least 4 members (excludes halogenated alkanes) is 10. The Morgan fingerprint density at radius 1 is 0.895 bits per heavy atom. The molecule has 0 fully saturated rings. The summed E-state index contributed by atoms with van der Waals surface area (Å²) >= 11 is 1.62. The minimum Gasteiger partial charge on any atom is -0.343 e. The van der Waals surface area contributed by atoms with Crippen molar-refractivity contribution in [2.75, 3.05) is 5.32 Å². The lowest BCUT2D eigenvalue weighted by atomic mass is 10.1. The maximum absolute atomic E-state index is 12.8. The van der Waals surface area contributed by atoms with E-state index in [0.717, 1.165) is 40.1 Å². The number of hydrogen-bond donors (Lipinski definition) is 2. The van der Waals surface area contributed by atoms with Crippen LogP contribution in [0.2, 0.25) is 0 Å². The second-order valence-corrected chi connectivity index (χ2v) is 10.9. The van der Waals surface area contributed by atoms with Crippen molar-refractivity contribution in [3.63, 3.8) is 0 Å². The molecule has 2 N–H and O–H groups in total. The first-order valence-corrected chi connectivity index (χ1v) is 14.9. The second-order valence-electron chi connectivity index (χ2n) is 9.82. The van der Waals surface area contributed by atoms with Crippen LogP contribution in [-0.4, -0.2) is 22.8 Å². The lowest BCUT2D eigenvalue weighted by Gasteiger charge is -2.16. The third-order valence-corrected chi connectivity index (χ3v) is 7.73. The van der Waals surface area contributed by atoms with E-state index < -0.39 is 6.04 Å². The van der Waals surface area contributed by atoms with Gasteiger partial charge in [0.25, 0.3) is 0 Å². The highest BCUT2D eigenvalue weighted by Gasteiger charge is 2.20. The molecule has 3 rings (SSSR count). The molecule has 0 radical (unpaired) electrons. The SMILES string of the molecule is CCCCCCCCCCCCCC(=O)N[C@H](CC#N)C(=O)Nc1ccc(-c2nc3ccccc3s2)cc1. The fourth-order valence-corrected chi connectivity index (χ4v) is 5.41. The van der Waals surface area contributed by atoms with Gasteiger partial charge in [0.2, 0.25) is 11.8 Å². The number of rotatable bonds is 17. The molecule has 0 spiro atoms. The smallest absolute Gasteiger partial charge is 0.248 e. The number of benzene rings is 2. The molecule has 2 amide bonds. The van der Waals surface area contributed by atoms with Crippen LogP contribution in [0, 0.1) is 11.3 Å². The molecule has 1 atom stereocenters. The number of fused-ring (bicyclic) bond motifs is 1. The maximum atomic E-state index is 12.8. The summed E-state index contributed by atoms with van der Waals surface area (Å²) in [4.78, 5) is 29.9. The number of nitrogens with zero attached hydrogens (tertiary/aromatic N) is 2. The quantitative estimate of drug-likeness (QED) is 0.172. The van der Waals surface area contributed by atoms with Crippen LogP contribution in [-0.2, 0) is 9.59 Å². The van der Waals surface area contributed by atoms with Gasteiger partial charge in [-0.05, 0) is 42.8 Å². The molecule has 6 nitrogen and oxygen atoms in total. The average molecular weight is 533 g/mol. The zero-order valence-corrected chi connectivity index (χ0v) is 23.3. The van der Waals surface area contributed by atoms with Gasteiger partial charge < -0.3 is 10.6 Å². The zero-order chi connectivity index (χ0) is 27.0. The normalized spacial score (nSPS) is 11.7. The monoisotopic (exact) mass is 532 g/mol. The molecular formula is C31H40N4O2S. The number of aromatic nitrogens is 1. The van der Waals surface area contributed by atoms with E-state index in [2.05, 4.69) is 22.5 Å². The van der Waals surface area contributed by atoms with Gasteiger partial charge in [0.1, 0.15) is 11.0 Å². The average Bonchev–Trinajstić information content (AvgIpc) is 3.36. The number of para-hydroxylation sites is 1. The number of carbonyl (C=O) groups excluding carboxylic acids is 2. The Labute approximate surface area is 230 Å². The summed E-state index contributed by atoms with van der Waals surface area (Å²) in [5.41, 5.74) is 2.55. The molecule has 0 aliphatic heterocycles. The molecular weight excluding hydrogens is 492 g/mol. The first-order valence-electron chi connectivity index (χ1n) is 14.0. The molecule has 0 aliphatic carbocycles. The number of nitrogens with one attached hydrogen (secondary N) is 2. The summed E-state index contributed by atoms with van der Waals surface area (Å²) in [5.74, 6) is -0.561. The Morgan fingerprint density at radius 3 is 2.16 bits per heavy atom. The molecule has 0 saturated heterocycles. The van der Waals surface area contributed by atoms with Crippen LogP contribution in [0.1, 0.15) is 90.4 Å². The molecule has 1 heterocycles. The molecule has 38 heavy (non-hydrogen) atoms. The van der Waals surface area contributed by atoms with E-state index in [1.54, 1.807) is 11.3 Å². The van der Waals surface area contributed by atoms with Crippen molar-refractivity contribution in [2.45, 2.75) is 96.4 Å². The largest absolute Gasteiger partial charge is 0.343 e. The molecule has 0 bridgehead atoms. The number of amides is 2. The van der Waals surface area contributed by atoms with Gasteiger partial charge in [-0.2, -0.15) is 5.26 Å². The van der Waals surface area contributed by atoms with Gasteiger partial charge in [-0.25, -0.2) is 4.98 Å². The topological polar surface area (TPSA) is 94.9 Å². The second kappa shape index (κ2) is 16.6. The van der Waals surface area contributed by atoms with E-state index in [4.69, 9.17) is 0 Å². The molecule has 202 valence electrons. The van der Waals surface area contributed by atoms with Gasteiger partial charge in [-0.15, -0.1) is 11.3 Å². The van der Waals surface area contributed by atoms with Gasteiger partial charge in [-0.1, -0.05) is 83.3 Å². The summed E-state index contributed by atoms with van der Waals surface area (Å²) in [5, 5.41) is 15.7. The van der Waals surface area contributed by atoms with E-state index in [-0.39, 0.29) is 18.2 Å². The number of hydrogen-bond acceptors (Lipinski definition) is 5. The number of nitriles is 1. The molecule has 7 heteroatoms. The number of thiazole rings is 1. The van der Waals surface area contributed by atoms with Crippen molar-refractivity contribution >= 4 is 39.1 Å². The maximum Gasteiger partial charge on any atom is 0.248 e. The van der Waals surface area contributed by atoms with E-state index in [0.29, 0.717) is 12.1 Å². The molecule has 0 aliphatic rings. The van der Waals surface area contributed by atoms with Crippen molar-refractivity contribution in [1.82, 2.24) is 10.3 Å². The van der Waals surface area contributed by atoms with Crippen molar-refractivity contribution < 1.29 is 9.59 Å². The van der Waals surface area contributed by atoms with Crippen molar-refractivity contribution in [2.24, 2.45) is 0 Å². The molecule has 1 aromatic heterocycles. The predicted octanol–water partition coefficient (Wildman–Crippen LogP) is 8.00. The standard InChI is InChI=1S/C31H40N4O2S/c1-2-3-4-5-6-7-8-9-10-11-12-17-29(36)34-27(22-23-32)30(37)33-25-20-18-24(19-21-25)31-35-26-15-13-14-16-28(26)38-31/h13-16,18-21,27H,2-12,17,22H2,1H3,(H,33,37)(H,34,36)/t27-/m1/s1. The van der Waals surface area contributed by atoms with Gasteiger partial charge in [0.15, 0.2) is 0 Å². The summed E-state index contributed by atoms with van der Waals surface area (Å²) in [7, 11) is 0. The third kappa shape index (κ3) is 9.90. The van der Waals surface area contributed by atoms with Crippen molar-refractivity contribution in [3.05, 3.63) is 48.5 Å². The van der Waals surface area contributed by atoms with Crippen LogP contribution in [0.4, 0.5) is 5.69 Å². The first-order chi connectivity index (χ1) is 18.6. The van der Waals surface area contributed by atoms with E-state index in [1.807, 2.05) is 54.6 Å². The van der Waals surface area contributed by atoms with Crippen LogP contribution in [0.5, 0.6) is 0 Å². The Balaban J connectivity index is 1.37. The van der Waals surface area contributed by atoms with Gasteiger partial charge >= 0.3 is 0 Å². The van der Waals surface area contributed by atoms with E-state index >= 15 is 0 Å². The number of carbonyl (C=O) groups is 2. The van der Waals surface area contributed by atoms with Crippen LogP contribution in [0.25, 0.3) is 20.8 Å². The fraction of sp³-hybridized carbons (Fsp3) is 0.484. The minimum absolute atomic E-state index is 0.0698. The zero-order valence-electron chi connectivity index (χ0n) is 22.5. The van der Waals surface area contributed by atoms with E-state index in [1.165, 1.54) is 51.4 Å². The van der Waals surface area contributed by atoms with E-state index in [9.17, 15) is 14.9 Å². The summed E-state index contributed by atoms with van der Waals surface area (Å²) < 4.78 is 1.13. The Morgan fingerprint density at radius 2 is 1.53 bits per heavy atom. The minimum atomic E-state index is -0.871. The van der Waals surface area contributed by atoms with Gasteiger partial charge in [0.05, 0.1) is 22.7 Å². The van der Waals surface area contributed by atoms with Crippen LogP contribution in [0.15, 0.2) is 48.5 Å². The van der Waals surface area contributed by atoms with Crippen LogP contribution < -0.4 is 10.6 Å². The summed E-state index contributed by atoms with van der Waals surface area (Å²) in [6.07, 6.45) is 13.7. The van der Waals surface area contributed by atoms with Gasteiger partial charge in [-0.3, -0.25) is 9.59 Å². The third-order valence-electron chi connectivity index (χ3n) is 6.65. The fourth-order valence-electron chi connectivity index (χ4n) is 4.44. The van der Waals surface area contributed by atoms with Crippen LogP contribution >= 0.6 is 11.3 Å². The highest BCUT2D eigenvalue weighted by atomic mass is 32.1. The van der Waals surface area contributed by atoms with Crippen molar-refractivity contribution in [3.8, 4) is 16.6 Å².